The summed E-state index contributed by atoms with van der Waals surface area (Å²) in [6.45, 7) is 2.43. The van der Waals surface area contributed by atoms with E-state index in [1.54, 1.807) is 22.8 Å². The lowest BCUT2D eigenvalue weighted by atomic mass is 10.1. The Bertz CT molecular complexity index is 1020. The number of benzene rings is 1. The van der Waals surface area contributed by atoms with Gasteiger partial charge in [0.1, 0.15) is 11.6 Å². The molecule has 0 fully saturated rings. The average Bonchev–Trinajstić information content (AvgIpc) is 3.23. The molecular formula is C18H16FN5O. The standard InChI is InChI=1S/C18H16FN5O/c1-12-9-15(25-22-12)11-23(2)18-10-16(13-3-5-14(19)6-4-13)21-17-7-8-20-24(17)18/h3-10H,11H2,1-2H3. The summed E-state index contributed by atoms with van der Waals surface area (Å²) < 4.78 is 20.3. The predicted octanol–water partition coefficient (Wildman–Crippen LogP) is 3.47. The van der Waals surface area contributed by atoms with Crippen molar-refractivity contribution in [1.29, 1.82) is 0 Å². The Hall–Kier alpha value is -3.22. The van der Waals surface area contributed by atoms with E-state index in [4.69, 9.17) is 4.52 Å². The monoisotopic (exact) mass is 337 g/mol. The maximum absolute atomic E-state index is 13.2. The molecule has 25 heavy (non-hydrogen) atoms. The first-order chi connectivity index (χ1) is 12.1. The lowest BCUT2D eigenvalue weighted by Gasteiger charge is -2.19. The summed E-state index contributed by atoms with van der Waals surface area (Å²) in [6.07, 6.45) is 1.70. The molecule has 0 aliphatic carbocycles. The van der Waals surface area contributed by atoms with E-state index >= 15 is 0 Å². The third-order valence-corrected chi connectivity index (χ3v) is 3.94. The van der Waals surface area contributed by atoms with Gasteiger partial charge in [0.2, 0.25) is 0 Å². The normalized spacial score (nSPS) is 11.2. The molecule has 0 bridgehead atoms. The fraction of sp³-hybridized carbons (Fsp3) is 0.167. The number of hydrogen-bond donors (Lipinski definition) is 0. The molecule has 0 N–H and O–H groups in total. The lowest BCUT2D eigenvalue weighted by Crippen LogP contribution is -2.19. The van der Waals surface area contributed by atoms with Gasteiger partial charge in [-0.15, -0.1) is 0 Å². The molecule has 0 aliphatic heterocycles. The van der Waals surface area contributed by atoms with Gasteiger partial charge in [0, 0.05) is 30.8 Å². The van der Waals surface area contributed by atoms with Crippen LogP contribution >= 0.6 is 0 Å². The fourth-order valence-electron chi connectivity index (χ4n) is 2.74. The summed E-state index contributed by atoms with van der Waals surface area (Å²) >= 11 is 0. The van der Waals surface area contributed by atoms with Gasteiger partial charge in [-0.3, -0.25) is 0 Å². The maximum Gasteiger partial charge on any atom is 0.157 e. The molecule has 0 aliphatic rings. The van der Waals surface area contributed by atoms with Gasteiger partial charge in [0.05, 0.1) is 24.1 Å². The second-order valence-electron chi connectivity index (χ2n) is 5.90. The summed E-state index contributed by atoms with van der Waals surface area (Å²) in [6, 6.07) is 12.0. The molecule has 0 saturated carbocycles. The number of aryl methyl sites for hydroxylation is 1. The van der Waals surface area contributed by atoms with Gasteiger partial charge in [-0.1, -0.05) is 5.16 Å². The highest BCUT2D eigenvalue weighted by Gasteiger charge is 2.14. The Morgan fingerprint density at radius 3 is 2.68 bits per heavy atom. The Balaban J connectivity index is 1.76. The molecular weight excluding hydrogens is 321 g/mol. The summed E-state index contributed by atoms with van der Waals surface area (Å²) in [4.78, 5) is 6.61. The molecule has 0 atom stereocenters. The summed E-state index contributed by atoms with van der Waals surface area (Å²) in [5.41, 5.74) is 3.16. The highest BCUT2D eigenvalue weighted by atomic mass is 19.1. The molecule has 3 heterocycles. The third kappa shape index (κ3) is 2.96. The second kappa shape index (κ2) is 6.01. The smallest absolute Gasteiger partial charge is 0.157 e. The van der Waals surface area contributed by atoms with Gasteiger partial charge in [0.15, 0.2) is 11.4 Å². The van der Waals surface area contributed by atoms with Crippen molar-refractivity contribution in [1.82, 2.24) is 19.8 Å². The maximum atomic E-state index is 13.2. The summed E-state index contributed by atoms with van der Waals surface area (Å²) in [7, 11) is 1.95. The molecule has 6 nitrogen and oxygen atoms in total. The van der Waals surface area contributed by atoms with Crippen molar-refractivity contribution >= 4 is 11.5 Å². The number of fused-ring (bicyclic) bond motifs is 1. The first kappa shape index (κ1) is 15.3. The van der Waals surface area contributed by atoms with E-state index in [0.717, 1.165) is 34.2 Å². The van der Waals surface area contributed by atoms with Crippen LogP contribution < -0.4 is 4.90 Å². The topological polar surface area (TPSA) is 59.5 Å². The molecule has 3 aromatic heterocycles. The van der Waals surface area contributed by atoms with Crippen molar-refractivity contribution in [2.45, 2.75) is 13.5 Å². The highest BCUT2D eigenvalue weighted by Crippen LogP contribution is 2.25. The Morgan fingerprint density at radius 2 is 1.96 bits per heavy atom. The Labute approximate surface area is 143 Å². The van der Waals surface area contributed by atoms with Crippen molar-refractivity contribution in [2.24, 2.45) is 0 Å². The van der Waals surface area contributed by atoms with E-state index in [1.807, 2.05) is 37.1 Å². The van der Waals surface area contributed by atoms with E-state index in [2.05, 4.69) is 15.2 Å². The minimum Gasteiger partial charge on any atom is -0.359 e. The SMILES string of the molecule is Cc1cc(CN(C)c2cc(-c3ccc(F)cc3)nc3ccnn23)on1. The van der Waals surface area contributed by atoms with Gasteiger partial charge in [0.25, 0.3) is 0 Å². The number of anilines is 1. The number of rotatable bonds is 4. The van der Waals surface area contributed by atoms with Gasteiger partial charge in [-0.2, -0.15) is 9.61 Å². The quantitative estimate of drug-likeness (QED) is 0.571. The Morgan fingerprint density at radius 1 is 1.16 bits per heavy atom. The van der Waals surface area contributed by atoms with E-state index in [1.165, 1.54) is 12.1 Å². The number of halogens is 1. The molecule has 126 valence electrons. The van der Waals surface area contributed by atoms with Gasteiger partial charge in [-0.25, -0.2) is 9.37 Å². The fourth-order valence-corrected chi connectivity index (χ4v) is 2.74. The van der Waals surface area contributed by atoms with Crippen LogP contribution in [0.3, 0.4) is 0 Å². The summed E-state index contributed by atoms with van der Waals surface area (Å²) in [5, 5.41) is 8.26. The van der Waals surface area contributed by atoms with Crippen LogP contribution in [-0.2, 0) is 6.54 Å². The predicted molar refractivity (Wildman–Crippen MR) is 91.7 cm³/mol. The van der Waals surface area contributed by atoms with E-state index in [0.29, 0.717) is 6.54 Å². The van der Waals surface area contributed by atoms with E-state index in [9.17, 15) is 4.39 Å². The molecule has 0 saturated heterocycles. The van der Waals surface area contributed by atoms with Crippen LogP contribution in [0, 0.1) is 12.7 Å². The van der Waals surface area contributed by atoms with Crippen LogP contribution in [0.1, 0.15) is 11.5 Å². The minimum atomic E-state index is -0.271. The number of aromatic nitrogens is 4. The molecule has 7 heteroatoms. The van der Waals surface area contributed by atoms with Crippen LogP contribution in [0.2, 0.25) is 0 Å². The van der Waals surface area contributed by atoms with E-state index in [-0.39, 0.29) is 5.82 Å². The van der Waals surface area contributed by atoms with Crippen LogP contribution in [-0.4, -0.2) is 26.8 Å². The van der Waals surface area contributed by atoms with E-state index < -0.39 is 0 Å². The number of hydrogen-bond acceptors (Lipinski definition) is 5. The first-order valence-electron chi connectivity index (χ1n) is 7.84. The lowest BCUT2D eigenvalue weighted by molar-refractivity contribution is 0.379. The number of nitrogens with zero attached hydrogens (tertiary/aromatic N) is 5. The van der Waals surface area contributed by atoms with Crippen molar-refractivity contribution < 1.29 is 8.91 Å². The second-order valence-corrected chi connectivity index (χ2v) is 5.90. The average molecular weight is 337 g/mol. The van der Waals surface area contributed by atoms with Crippen LogP contribution in [0.25, 0.3) is 16.9 Å². The van der Waals surface area contributed by atoms with Gasteiger partial charge < -0.3 is 9.42 Å². The summed E-state index contributed by atoms with van der Waals surface area (Å²) in [5.74, 6) is 1.34. The molecule has 4 aromatic rings. The Kier molecular flexibility index (Phi) is 3.68. The van der Waals surface area contributed by atoms with Gasteiger partial charge in [-0.05, 0) is 31.2 Å². The van der Waals surface area contributed by atoms with Crippen LogP contribution in [0.4, 0.5) is 10.2 Å². The molecule has 0 amide bonds. The molecule has 4 rings (SSSR count). The van der Waals surface area contributed by atoms with Crippen molar-refractivity contribution in [3.05, 3.63) is 65.9 Å². The van der Waals surface area contributed by atoms with Crippen LogP contribution in [0.15, 0.2) is 53.2 Å². The van der Waals surface area contributed by atoms with Gasteiger partial charge >= 0.3 is 0 Å². The first-order valence-corrected chi connectivity index (χ1v) is 7.84. The van der Waals surface area contributed by atoms with Crippen molar-refractivity contribution in [3.63, 3.8) is 0 Å². The van der Waals surface area contributed by atoms with Crippen molar-refractivity contribution in [3.8, 4) is 11.3 Å². The molecule has 0 radical (unpaired) electrons. The zero-order valence-corrected chi connectivity index (χ0v) is 13.8. The zero-order chi connectivity index (χ0) is 17.4. The molecule has 0 unspecified atom stereocenters. The highest BCUT2D eigenvalue weighted by molar-refractivity contribution is 5.66. The molecule has 1 aromatic carbocycles. The minimum absolute atomic E-state index is 0.271. The molecule has 0 spiro atoms. The third-order valence-electron chi connectivity index (χ3n) is 3.94. The van der Waals surface area contributed by atoms with Crippen LogP contribution in [0.5, 0.6) is 0 Å². The van der Waals surface area contributed by atoms with Crippen molar-refractivity contribution in [2.75, 3.05) is 11.9 Å². The zero-order valence-electron chi connectivity index (χ0n) is 13.8. The largest absolute Gasteiger partial charge is 0.359 e.